The third kappa shape index (κ3) is 3.15. The first-order valence-electron chi connectivity index (χ1n) is 7.06. The van der Waals surface area contributed by atoms with E-state index in [0.717, 1.165) is 33.6 Å². The van der Waals surface area contributed by atoms with Crippen molar-refractivity contribution in [2.24, 2.45) is 0 Å². The summed E-state index contributed by atoms with van der Waals surface area (Å²) in [5.41, 5.74) is 3.57. The molecule has 5 heteroatoms. The SMILES string of the molecule is CN(C)c1ccc(Cl)cc1NC1CCCc2sc(Cl)cc21. The largest absolute Gasteiger partial charge is 0.376 e. The Labute approximate surface area is 139 Å². The van der Waals surface area contributed by atoms with E-state index in [9.17, 15) is 0 Å². The number of anilines is 2. The Kier molecular flexibility index (Phi) is 4.34. The summed E-state index contributed by atoms with van der Waals surface area (Å²) in [5, 5.41) is 4.42. The highest BCUT2D eigenvalue weighted by atomic mass is 35.5. The highest BCUT2D eigenvalue weighted by Crippen LogP contribution is 2.41. The normalized spacial score (nSPS) is 17.4. The van der Waals surface area contributed by atoms with Crippen molar-refractivity contribution in [2.45, 2.75) is 25.3 Å². The van der Waals surface area contributed by atoms with Gasteiger partial charge in [0.25, 0.3) is 0 Å². The second kappa shape index (κ2) is 6.07. The van der Waals surface area contributed by atoms with Gasteiger partial charge in [0.05, 0.1) is 21.8 Å². The Bertz CT molecular complexity index is 652. The molecule has 0 radical (unpaired) electrons. The highest BCUT2D eigenvalue weighted by Gasteiger charge is 2.23. The third-order valence-electron chi connectivity index (χ3n) is 3.85. The van der Waals surface area contributed by atoms with Crippen LogP contribution < -0.4 is 10.2 Å². The van der Waals surface area contributed by atoms with Gasteiger partial charge in [0.2, 0.25) is 0 Å². The molecule has 1 aliphatic rings. The van der Waals surface area contributed by atoms with Gasteiger partial charge >= 0.3 is 0 Å². The first-order chi connectivity index (χ1) is 10.0. The van der Waals surface area contributed by atoms with Gasteiger partial charge in [-0.05, 0) is 49.1 Å². The second-order valence-electron chi connectivity index (χ2n) is 5.57. The smallest absolute Gasteiger partial charge is 0.0934 e. The van der Waals surface area contributed by atoms with E-state index in [2.05, 4.69) is 22.3 Å². The number of hydrogen-bond acceptors (Lipinski definition) is 3. The molecule has 0 spiro atoms. The molecule has 1 aromatic heterocycles. The highest BCUT2D eigenvalue weighted by molar-refractivity contribution is 7.16. The van der Waals surface area contributed by atoms with Crippen molar-refractivity contribution >= 4 is 45.9 Å². The molecule has 0 aliphatic heterocycles. The second-order valence-corrected chi connectivity index (χ2v) is 7.78. The first-order valence-corrected chi connectivity index (χ1v) is 8.63. The van der Waals surface area contributed by atoms with Crippen molar-refractivity contribution in [3.05, 3.63) is 44.1 Å². The molecule has 0 fully saturated rings. The van der Waals surface area contributed by atoms with Crippen molar-refractivity contribution in [1.29, 1.82) is 0 Å². The molecule has 0 bridgehead atoms. The number of halogens is 2. The Hall–Kier alpha value is -0.900. The van der Waals surface area contributed by atoms with Gasteiger partial charge in [0.15, 0.2) is 0 Å². The predicted molar refractivity (Wildman–Crippen MR) is 94.4 cm³/mol. The number of nitrogens with zero attached hydrogens (tertiary/aromatic N) is 1. The maximum Gasteiger partial charge on any atom is 0.0934 e. The minimum atomic E-state index is 0.315. The molecule has 2 nitrogen and oxygen atoms in total. The summed E-state index contributed by atoms with van der Waals surface area (Å²) in [6, 6.07) is 8.40. The van der Waals surface area contributed by atoms with Crippen molar-refractivity contribution in [1.82, 2.24) is 0 Å². The van der Waals surface area contributed by atoms with Crippen LogP contribution in [0.15, 0.2) is 24.3 Å². The van der Waals surface area contributed by atoms with Crippen LogP contribution in [0.1, 0.15) is 29.3 Å². The van der Waals surface area contributed by atoms with Crippen LogP contribution in [0.3, 0.4) is 0 Å². The van der Waals surface area contributed by atoms with Crippen LogP contribution in [0.5, 0.6) is 0 Å². The number of benzene rings is 1. The van der Waals surface area contributed by atoms with Crippen LogP contribution in [0.4, 0.5) is 11.4 Å². The summed E-state index contributed by atoms with van der Waals surface area (Å²) in [5.74, 6) is 0. The third-order valence-corrected chi connectivity index (χ3v) is 5.43. The zero-order valence-electron chi connectivity index (χ0n) is 12.1. The van der Waals surface area contributed by atoms with Crippen LogP contribution in [0.25, 0.3) is 0 Å². The Balaban J connectivity index is 1.92. The van der Waals surface area contributed by atoms with E-state index < -0.39 is 0 Å². The number of thiophene rings is 1. The molecule has 21 heavy (non-hydrogen) atoms. The minimum absolute atomic E-state index is 0.315. The average molecular weight is 341 g/mol. The molecule has 1 N–H and O–H groups in total. The van der Waals surface area contributed by atoms with Crippen molar-refractivity contribution in [2.75, 3.05) is 24.3 Å². The topological polar surface area (TPSA) is 15.3 Å². The van der Waals surface area contributed by atoms with Gasteiger partial charge in [-0.2, -0.15) is 0 Å². The van der Waals surface area contributed by atoms with Crippen molar-refractivity contribution in [3.63, 3.8) is 0 Å². The summed E-state index contributed by atoms with van der Waals surface area (Å²) in [6.07, 6.45) is 3.46. The fourth-order valence-corrected chi connectivity index (χ4v) is 4.43. The summed E-state index contributed by atoms with van der Waals surface area (Å²) >= 11 is 14.1. The molecule has 1 atom stereocenters. The van der Waals surface area contributed by atoms with E-state index in [1.54, 1.807) is 11.3 Å². The zero-order valence-corrected chi connectivity index (χ0v) is 14.4. The molecule has 1 unspecified atom stereocenters. The molecule has 1 aromatic carbocycles. The van der Waals surface area contributed by atoms with E-state index in [1.807, 2.05) is 26.2 Å². The number of nitrogens with one attached hydrogen (secondary N) is 1. The average Bonchev–Trinajstić information content (AvgIpc) is 2.80. The number of rotatable bonds is 3. The molecular weight excluding hydrogens is 323 g/mol. The van der Waals surface area contributed by atoms with Crippen LogP contribution in [-0.4, -0.2) is 14.1 Å². The van der Waals surface area contributed by atoms with E-state index in [4.69, 9.17) is 23.2 Å². The summed E-state index contributed by atoms with van der Waals surface area (Å²) in [4.78, 5) is 3.51. The van der Waals surface area contributed by atoms with Gasteiger partial charge in [-0.1, -0.05) is 23.2 Å². The van der Waals surface area contributed by atoms with Gasteiger partial charge < -0.3 is 10.2 Å². The van der Waals surface area contributed by atoms with E-state index in [-0.39, 0.29) is 0 Å². The molecule has 2 aromatic rings. The van der Waals surface area contributed by atoms with E-state index in [0.29, 0.717) is 6.04 Å². The lowest BCUT2D eigenvalue weighted by atomic mass is 9.93. The molecular formula is C16H18Cl2N2S. The maximum absolute atomic E-state index is 6.19. The Morgan fingerprint density at radius 3 is 2.81 bits per heavy atom. The molecule has 0 saturated carbocycles. The summed E-state index contributed by atoms with van der Waals surface area (Å²) < 4.78 is 0.882. The number of aryl methyl sites for hydroxylation is 1. The standard InChI is InChI=1S/C16H18Cl2N2S/c1-20(2)14-7-6-10(17)8-13(14)19-12-4-3-5-15-11(12)9-16(18)21-15/h6-9,12,19H,3-5H2,1-2H3. The quantitative estimate of drug-likeness (QED) is 0.780. The minimum Gasteiger partial charge on any atom is -0.376 e. The van der Waals surface area contributed by atoms with Gasteiger partial charge in [-0.3, -0.25) is 0 Å². The van der Waals surface area contributed by atoms with Crippen LogP contribution in [-0.2, 0) is 6.42 Å². The first kappa shape index (κ1) is 15.0. The van der Waals surface area contributed by atoms with Crippen LogP contribution in [0, 0.1) is 0 Å². The molecule has 0 saturated heterocycles. The lowest BCUT2D eigenvalue weighted by molar-refractivity contribution is 0.609. The fourth-order valence-electron chi connectivity index (χ4n) is 2.87. The van der Waals surface area contributed by atoms with E-state index >= 15 is 0 Å². The van der Waals surface area contributed by atoms with Crippen LogP contribution >= 0.6 is 34.5 Å². The van der Waals surface area contributed by atoms with Gasteiger partial charge in [-0.15, -0.1) is 11.3 Å². The van der Waals surface area contributed by atoms with Gasteiger partial charge in [0.1, 0.15) is 0 Å². The Morgan fingerprint density at radius 2 is 2.05 bits per heavy atom. The molecule has 0 amide bonds. The summed E-state index contributed by atoms with van der Waals surface area (Å²) in [6.45, 7) is 0. The molecule has 3 rings (SSSR count). The lowest BCUT2D eigenvalue weighted by Crippen LogP contribution is -2.18. The zero-order chi connectivity index (χ0) is 15.0. The van der Waals surface area contributed by atoms with Gasteiger partial charge in [0, 0.05) is 24.0 Å². The Morgan fingerprint density at radius 1 is 1.24 bits per heavy atom. The molecule has 1 aliphatic carbocycles. The van der Waals surface area contributed by atoms with Crippen LogP contribution in [0.2, 0.25) is 9.36 Å². The number of fused-ring (bicyclic) bond motifs is 1. The fraction of sp³-hybridized carbons (Fsp3) is 0.375. The molecule has 112 valence electrons. The number of hydrogen-bond donors (Lipinski definition) is 1. The summed E-state index contributed by atoms with van der Waals surface area (Å²) in [7, 11) is 4.09. The van der Waals surface area contributed by atoms with E-state index in [1.165, 1.54) is 16.9 Å². The lowest BCUT2D eigenvalue weighted by Gasteiger charge is -2.27. The van der Waals surface area contributed by atoms with Crippen molar-refractivity contribution < 1.29 is 0 Å². The molecule has 1 heterocycles. The monoisotopic (exact) mass is 340 g/mol. The predicted octanol–water partition coefficient (Wildman–Crippen LogP) is 5.61. The van der Waals surface area contributed by atoms with Crippen molar-refractivity contribution in [3.8, 4) is 0 Å². The van der Waals surface area contributed by atoms with Gasteiger partial charge in [-0.25, -0.2) is 0 Å². The maximum atomic E-state index is 6.19.